The molecule has 5 nitrogen and oxygen atoms in total. The molecule has 5 unspecified atom stereocenters. The van der Waals surface area contributed by atoms with Gasteiger partial charge in [0.25, 0.3) is 0 Å². The Hall–Kier alpha value is -0.200. The summed E-state index contributed by atoms with van der Waals surface area (Å²) in [6.45, 7) is 14.9. The van der Waals surface area contributed by atoms with E-state index < -0.39 is 6.10 Å². The van der Waals surface area contributed by atoms with Crippen LogP contribution in [0.2, 0.25) is 0 Å². The maximum Gasteiger partial charge on any atom is 0.0781 e. The maximum atomic E-state index is 8.92. The van der Waals surface area contributed by atoms with Crippen molar-refractivity contribution in [2.45, 2.75) is 118 Å². The number of rotatable bonds is 15. The van der Waals surface area contributed by atoms with Crippen LogP contribution >= 0.6 is 0 Å². The average molecular weight is 379 g/mol. The van der Waals surface area contributed by atoms with Crippen molar-refractivity contribution in [3.8, 4) is 0 Å². The molecule has 0 aromatic heterocycles. The molecule has 0 radical (unpaired) electrons. The zero-order chi connectivity index (χ0) is 20.4. The molecule has 0 saturated carbocycles. The van der Waals surface area contributed by atoms with Crippen LogP contribution in [0.3, 0.4) is 0 Å². The molecule has 0 aliphatic heterocycles. The van der Waals surface area contributed by atoms with Crippen LogP contribution in [-0.2, 0) is 14.2 Å². The van der Waals surface area contributed by atoms with Crippen molar-refractivity contribution in [2.24, 2.45) is 0 Å². The molecule has 5 atom stereocenters. The molecule has 0 aromatic carbocycles. The number of hydrogen-bond acceptors (Lipinski definition) is 5. The normalized spacial score (nSPS) is 17.0. The van der Waals surface area contributed by atoms with Crippen LogP contribution in [-0.4, -0.2) is 60.6 Å². The van der Waals surface area contributed by atoms with Gasteiger partial charge in [-0.05, 0) is 47.5 Å². The number of unbranched alkanes of at least 4 members (excludes halogenated alkanes) is 2. The predicted octanol–water partition coefficient (Wildman–Crippen LogP) is 4.33. The van der Waals surface area contributed by atoms with E-state index in [1.165, 1.54) is 38.5 Å². The Morgan fingerprint density at radius 3 is 1.54 bits per heavy atom. The first-order valence-electron chi connectivity index (χ1n) is 10.4. The summed E-state index contributed by atoms with van der Waals surface area (Å²) in [5, 5.41) is 17.6. The topological polar surface area (TPSA) is 68.2 Å². The van der Waals surface area contributed by atoms with Gasteiger partial charge >= 0.3 is 0 Å². The molecule has 5 heteroatoms. The third kappa shape index (κ3) is 21.8. The molecule has 0 bridgehead atoms. The van der Waals surface area contributed by atoms with Gasteiger partial charge in [0.2, 0.25) is 0 Å². The SMILES string of the molecule is CC(O)COC(C)COC(C)CO.CCCCC(C)OC(C)CCCC. The first-order chi connectivity index (χ1) is 12.3. The molecule has 0 heterocycles. The molecule has 0 rings (SSSR count). The Labute approximate surface area is 162 Å². The van der Waals surface area contributed by atoms with Gasteiger partial charge in [0.15, 0.2) is 0 Å². The molecule has 160 valence electrons. The van der Waals surface area contributed by atoms with Gasteiger partial charge in [-0.2, -0.15) is 0 Å². The minimum absolute atomic E-state index is 0.0170. The summed E-state index contributed by atoms with van der Waals surface area (Å²) in [5.74, 6) is 0. The fraction of sp³-hybridized carbons (Fsp3) is 1.00. The summed E-state index contributed by atoms with van der Waals surface area (Å²) in [6, 6.07) is 0. The monoisotopic (exact) mass is 378 g/mol. The molecule has 2 N–H and O–H groups in total. The van der Waals surface area contributed by atoms with Crippen molar-refractivity contribution in [3.63, 3.8) is 0 Å². The number of ether oxygens (including phenoxy) is 3. The largest absolute Gasteiger partial charge is 0.394 e. The zero-order valence-electron chi connectivity index (χ0n) is 18.4. The highest BCUT2D eigenvalue weighted by Gasteiger charge is 2.08. The van der Waals surface area contributed by atoms with Crippen LogP contribution in [0.4, 0.5) is 0 Å². The first kappa shape index (κ1) is 28.0. The molecule has 0 aliphatic rings. The van der Waals surface area contributed by atoms with Gasteiger partial charge in [-0.25, -0.2) is 0 Å². The number of aliphatic hydroxyl groups excluding tert-OH is 2. The maximum absolute atomic E-state index is 8.92. The van der Waals surface area contributed by atoms with Crippen molar-refractivity contribution in [1.82, 2.24) is 0 Å². The fourth-order valence-corrected chi connectivity index (χ4v) is 2.22. The van der Waals surface area contributed by atoms with Crippen molar-refractivity contribution in [1.29, 1.82) is 0 Å². The molecule has 26 heavy (non-hydrogen) atoms. The van der Waals surface area contributed by atoms with E-state index in [1.807, 2.05) is 6.92 Å². The van der Waals surface area contributed by atoms with Crippen LogP contribution < -0.4 is 0 Å². The summed E-state index contributed by atoms with van der Waals surface area (Å²) in [4.78, 5) is 0. The third-order valence-corrected chi connectivity index (χ3v) is 3.89. The van der Waals surface area contributed by atoms with Gasteiger partial charge < -0.3 is 24.4 Å². The second kappa shape index (κ2) is 19.6. The number of hydrogen-bond donors (Lipinski definition) is 2. The minimum atomic E-state index is -0.447. The molecular weight excluding hydrogens is 332 g/mol. The highest BCUT2D eigenvalue weighted by Crippen LogP contribution is 2.11. The predicted molar refractivity (Wildman–Crippen MR) is 109 cm³/mol. The van der Waals surface area contributed by atoms with Gasteiger partial charge in [-0.1, -0.05) is 39.5 Å². The van der Waals surface area contributed by atoms with E-state index in [1.54, 1.807) is 13.8 Å². The second-order valence-corrected chi connectivity index (χ2v) is 7.36. The van der Waals surface area contributed by atoms with E-state index in [-0.39, 0.29) is 18.8 Å². The fourth-order valence-electron chi connectivity index (χ4n) is 2.22. The lowest BCUT2D eigenvalue weighted by atomic mass is 10.1. The Bertz CT molecular complexity index is 261. The summed E-state index contributed by atoms with van der Waals surface area (Å²) < 4.78 is 16.3. The van der Waals surface area contributed by atoms with Crippen LogP contribution in [0.15, 0.2) is 0 Å². The van der Waals surface area contributed by atoms with Crippen LogP contribution in [0.1, 0.15) is 87.0 Å². The Balaban J connectivity index is 0. The zero-order valence-corrected chi connectivity index (χ0v) is 18.4. The van der Waals surface area contributed by atoms with Crippen molar-refractivity contribution >= 4 is 0 Å². The van der Waals surface area contributed by atoms with E-state index in [2.05, 4.69) is 27.7 Å². The van der Waals surface area contributed by atoms with Crippen molar-refractivity contribution < 1.29 is 24.4 Å². The van der Waals surface area contributed by atoms with Gasteiger partial charge in [0.05, 0.1) is 50.3 Å². The molecule has 0 spiro atoms. The lowest BCUT2D eigenvalue weighted by molar-refractivity contribution is -0.0620. The molecule has 0 fully saturated rings. The van der Waals surface area contributed by atoms with Gasteiger partial charge in [0, 0.05) is 0 Å². The summed E-state index contributed by atoms with van der Waals surface area (Å²) in [7, 11) is 0. The summed E-state index contributed by atoms with van der Waals surface area (Å²) in [5.41, 5.74) is 0. The smallest absolute Gasteiger partial charge is 0.0781 e. The summed E-state index contributed by atoms with van der Waals surface area (Å²) in [6.07, 6.45) is 7.81. The number of aliphatic hydroxyl groups is 2. The average Bonchev–Trinajstić information content (AvgIpc) is 2.61. The minimum Gasteiger partial charge on any atom is -0.394 e. The molecule has 0 saturated heterocycles. The summed E-state index contributed by atoms with van der Waals surface area (Å²) >= 11 is 0. The highest BCUT2D eigenvalue weighted by molar-refractivity contribution is 4.56. The Kier molecular flexibility index (Phi) is 21.1. The lowest BCUT2D eigenvalue weighted by Gasteiger charge is -2.18. The molecular formula is C21H46O5. The van der Waals surface area contributed by atoms with Gasteiger partial charge in [0.1, 0.15) is 0 Å². The van der Waals surface area contributed by atoms with E-state index in [0.717, 1.165) is 0 Å². The van der Waals surface area contributed by atoms with Crippen LogP contribution in [0, 0.1) is 0 Å². The Morgan fingerprint density at radius 2 is 1.15 bits per heavy atom. The van der Waals surface area contributed by atoms with E-state index in [4.69, 9.17) is 24.4 Å². The van der Waals surface area contributed by atoms with Gasteiger partial charge in [-0.3, -0.25) is 0 Å². The Morgan fingerprint density at radius 1 is 0.692 bits per heavy atom. The van der Waals surface area contributed by atoms with Gasteiger partial charge in [-0.15, -0.1) is 0 Å². The molecule has 0 aliphatic carbocycles. The molecule has 0 amide bonds. The van der Waals surface area contributed by atoms with Crippen LogP contribution in [0.5, 0.6) is 0 Å². The third-order valence-electron chi connectivity index (χ3n) is 3.89. The van der Waals surface area contributed by atoms with E-state index in [0.29, 0.717) is 25.4 Å². The van der Waals surface area contributed by atoms with Crippen molar-refractivity contribution in [3.05, 3.63) is 0 Å². The van der Waals surface area contributed by atoms with E-state index >= 15 is 0 Å². The second-order valence-electron chi connectivity index (χ2n) is 7.36. The van der Waals surface area contributed by atoms with E-state index in [9.17, 15) is 0 Å². The quantitative estimate of drug-likeness (QED) is 0.444. The lowest BCUT2D eigenvalue weighted by Crippen LogP contribution is -2.24. The van der Waals surface area contributed by atoms with Crippen LogP contribution in [0.25, 0.3) is 0 Å². The van der Waals surface area contributed by atoms with Crippen molar-refractivity contribution in [2.75, 3.05) is 19.8 Å². The molecule has 0 aromatic rings. The standard InChI is InChI=1S/C12H26O.C9H20O4/c1-5-7-9-11(3)13-12(4)10-8-6-2;1-7(11)5-12-9(3)6-13-8(2)4-10/h11-12H,5-10H2,1-4H3;7-11H,4-6H2,1-3H3. The first-order valence-corrected chi connectivity index (χ1v) is 10.4. The highest BCUT2D eigenvalue weighted by atomic mass is 16.5.